The van der Waals surface area contributed by atoms with E-state index in [0.29, 0.717) is 23.5 Å². The zero-order valence-electron chi connectivity index (χ0n) is 17.1. The number of unbranched alkanes of at least 4 members (excludes halogenated alkanes) is 1. The molecule has 2 N–H and O–H groups in total. The molecular weight excluding hydrogens is 378 g/mol. The Morgan fingerprint density at radius 2 is 1.79 bits per heavy atom. The van der Waals surface area contributed by atoms with E-state index in [9.17, 15) is 19.5 Å². The molecule has 0 bridgehead atoms. The monoisotopic (exact) mass is 407 g/mol. The molecule has 0 aromatic heterocycles. The number of hydrogen-bond donors (Lipinski definition) is 2. The van der Waals surface area contributed by atoms with Crippen LogP contribution in [0.4, 0.5) is 4.79 Å². The number of nitrogens with one attached hydrogen (secondary N) is 1. The lowest BCUT2D eigenvalue weighted by Gasteiger charge is -2.31. The summed E-state index contributed by atoms with van der Waals surface area (Å²) in [4.78, 5) is 42.4. The summed E-state index contributed by atoms with van der Waals surface area (Å²) in [5.41, 5.74) is 0.672. The quantitative estimate of drug-likeness (QED) is 0.279. The van der Waals surface area contributed by atoms with Gasteiger partial charge in [-0.3, -0.25) is 5.41 Å². The van der Waals surface area contributed by atoms with Crippen LogP contribution in [0.2, 0.25) is 0 Å². The van der Waals surface area contributed by atoms with Crippen LogP contribution in [-0.4, -0.2) is 58.8 Å². The molecule has 9 heteroatoms. The van der Waals surface area contributed by atoms with Gasteiger partial charge in [-0.25, -0.2) is 14.4 Å². The minimum Gasteiger partial charge on any atom is -0.480 e. The molecule has 1 unspecified atom stereocenters. The van der Waals surface area contributed by atoms with E-state index in [1.807, 2.05) is 13.8 Å². The summed E-state index contributed by atoms with van der Waals surface area (Å²) in [5.74, 6) is -2.51. The SMILES string of the molecule is CCCCOC(=O)N(OC(=O)Cc1ccccc1)C(=N)N(C)C(CCC)C(=O)O. The average Bonchev–Trinajstić information content (AvgIpc) is 2.69. The van der Waals surface area contributed by atoms with Gasteiger partial charge < -0.3 is 19.6 Å². The van der Waals surface area contributed by atoms with Crippen molar-refractivity contribution in [2.24, 2.45) is 0 Å². The van der Waals surface area contributed by atoms with E-state index in [2.05, 4.69) is 0 Å². The van der Waals surface area contributed by atoms with Crippen LogP contribution in [0, 0.1) is 5.41 Å². The molecule has 0 aliphatic heterocycles. The molecule has 9 nitrogen and oxygen atoms in total. The smallest absolute Gasteiger partial charge is 0.451 e. The predicted octanol–water partition coefficient (Wildman–Crippen LogP) is 3.05. The first-order valence-electron chi connectivity index (χ1n) is 9.57. The minimum atomic E-state index is -1.14. The number of nitrogens with zero attached hydrogens (tertiary/aromatic N) is 2. The molecule has 1 amide bonds. The largest absolute Gasteiger partial charge is 0.480 e. The Balaban J connectivity index is 2.96. The summed E-state index contributed by atoms with van der Waals surface area (Å²) >= 11 is 0. The van der Waals surface area contributed by atoms with Crippen molar-refractivity contribution < 1.29 is 29.1 Å². The number of hydroxylamine groups is 2. The van der Waals surface area contributed by atoms with Crippen molar-refractivity contribution in [3.05, 3.63) is 35.9 Å². The van der Waals surface area contributed by atoms with Gasteiger partial charge in [0.15, 0.2) is 0 Å². The second-order valence-electron chi connectivity index (χ2n) is 6.47. The molecule has 1 rings (SSSR count). The van der Waals surface area contributed by atoms with Crippen LogP contribution in [0.1, 0.15) is 45.1 Å². The fraction of sp³-hybridized carbons (Fsp3) is 0.500. The topological polar surface area (TPSA) is 120 Å². The van der Waals surface area contributed by atoms with Gasteiger partial charge in [-0.15, -0.1) is 0 Å². The molecule has 1 aromatic carbocycles. The molecule has 0 saturated carbocycles. The van der Waals surface area contributed by atoms with Crippen LogP contribution in [0.25, 0.3) is 0 Å². The Morgan fingerprint density at radius 1 is 1.14 bits per heavy atom. The molecule has 0 heterocycles. The fourth-order valence-electron chi connectivity index (χ4n) is 2.47. The fourth-order valence-corrected chi connectivity index (χ4v) is 2.47. The Bertz CT molecular complexity index is 695. The first kappa shape index (κ1) is 23.9. The third-order valence-electron chi connectivity index (χ3n) is 4.11. The number of benzene rings is 1. The number of ether oxygens (including phenoxy) is 1. The number of guanidine groups is 1. The van der Waals surface area contributed by atoms with Gasteiger partial charge in [0.2, 0.25) is 5.96 Å². The van der Waals surface area contributed by atoms with Gasteiger partial charge in [0.05, 0.1) is 13.0 Å². The van der Waals surface area contributed by atoms with Crippen LogP contribution in [-0.2, 0) is 25.6 Å². The number of amides is 1. The predicted molar refractivity (Wildman–Crippen MR) is 106 cm³/mol. The molecule has 0 spiro atoms. The average molecular weight is 407 g/mol. The molecule has 1 atom stereocenters. The maximum atomic E-state index is 12.4. The molecular formula is C20H29N3O6. The van der Waals surface area contributed by atoms with Gasteiger partial charge >= 0.3 is 18.0 Å². The maximum Gasteiger partial charge on any atom is 0.451 e. The second-order valence-corrected chi connectivity index (χ2v) is 6.47. The molecule has 0 fully saturated rings. The number of carboxylic acids is 1. The molecule has 160 valence electrons. The number of carboxylic acid groups (broad SMARTS) is 1. The van der Waals surface area contributed by atoms with E-state index in [4.69, 9.17) is 15.0 Å². The number of carbonyl (C=O) groups excluding carboxylic acids is 2. The minimum absolute atomic E-state index is 0.0936. The highest BCUT2D eigenvalue weighted by Gasteiger charge is 2.33. The third kappa shape index (κ3) is 7.81. The second kappa shape index (κ2) is 12.4. The molecule has 0 aliphatic rings. The lowest BCUT2D eigenvalue weighted by Crippen LogP contribution is -2.52. The highest BCUT2D eigenvalue weighted by atomic mass is 16.8. The Labute approximate surface area is 170 Å². The first-order valence-corrected chi connectivity index (χ1v) is 9.57. The van der Waals surface area contributed by atoms with Gasteiger partial charge in [0.25, 0.3) is 0 Å². The summed E-state index contributed by atoms with van der Waals surface area (Å²) in [6.45, 7) is 3.82. The van der Waals surface area contributed by atoms with Crippen LogP contribution < -0.4 is 0 Å². The standard InChI is InChI=1S/C20H29N3O6/c1-4-6-13-28-20(27)23(19(21)22(3)16(10-5-2)18(25)26)29-17(24)14-15-11-8-7-9-12-15/h7-9,11-12,16,21H,4-6,10,13-14H2,1-3H3,(H,25,26). The normalized spacial score (nSPS) is 11.3. The van der Waals surface area contributed by atoms with E-state index in [1.54, 1.807) is 30.3 Å². The number of carbonyl (C=O) groups is 3. The van der Waals surface area contributed by atoms with E-state index in [0.717, 1.165) is 11.3 Å². The molecule has 29 heavy (non-hydrogen) atoms. The van der Waals surface area contributed by atoms with Gasteiger partial charge in [-0.1, -0.05) is 62.1 Å². The summed E-state index contributed by atoms with van der Waals surface area (Å²) < 4.78 is 5.06. The van der Waals surface area contributed by atoms with Crippen LogP contribution in [0.3, 0.4) is 0 Å². The van der Waals surface area contributed by atoms with E-state index >= 15 is 0 Å². The summed E-state index contributed by atoms with van der Waals surface area (Å²) in [6, 6.07) is 7.73. The Morgan fingerprint density at radius 3 is 2.34 bits per heavy atom. The zero-order valence-corrected chi connectivity index (χ0v) is 17.1. The highest BCUT2D eigenvalue weighted by Crippen LogP contribution is 2.11. The maximum absolute atomic E-state index is 12.4. The van der Waals surface area contributed by atoms with Crippen molar-refractivity contribution in [2.45, 2.75) is 52.0 Å². The van der Waals surface area contributed by atoms with Crippen molar-refractivity contribution in [1.82, 2.24) is 9.96 Å². The molecule has 0 aliphatic carbocycles. The molecule has 0 radical (unpaired) electrons. The lowest BCUT2D eigenvalue weighted by atomic mass is 10.1. The van der Waals surface area contributed by atoms with Gasteiger partial charge in [-0.2, -0.15) is 0 Å². The van der Waals surface area contributed by atoms with Crippen molar-refractivity contribution in [3.8, 4) is 0 Å². The van der Waals surface area contributed by atoms with Crippen molar-refractivity contribution >= 4 is 24.0 Å². The van der Waals surface area contributed by atoms with Crippen LogP contribution >= 0.6 is 0 Å². The third-order valence-corrected chi connectivity index (χ3v) is 4.11. The van der Waals surface area contributed by atoms with Crippen LogP contribution in [0.15, 0.2) is 30.3 Å². The highest BCUT2D eigenvalue weighted by molar-refractivity contribution is 5.94. The van der Waals surface area contributed by atoms with Gasteiger partial charge in [0.1, 0.15) is 6.04 Å². The lowest BCUT2D eigenvalue weighted by molar-refractivity contribution is -0.169. The zero-order chi connectivity index (χ0) is 21.8. The van der Waals surface area contributed by atoms with Crippen LogP contribution in [0.5, 0.6) is 0 Å². The van der Waals surface area contributed by atoms with E-state index < -0.39 is 30.0 Å². The van der Waals surface area contributed by atoms with Crippen molar-refractivity contribution in [3.63, 3.8) is 0 Å². The number of hydrogen-bond acceptors (Lipinski definition) is 6. The molecule has 1 aromatic rings. The van der Waals surface area contributed by atoms with Gasteiger partial charge in [0, 0.05) is 7.05 Å². The molecule has 0 saturated heterocycles. The summed E-state index contributed by atoms with van der Waals surface area (Å²) in [5, 5.41) is 18.1. The van der Waals surface area contributed by atoms with E-state index in [1.165, 1.54) is 7.05 Å². The Hall–Kier alpha value is -3.10. The number of aliphatic carboxylic acids is 1. The van der Waals surface area contributed by atoms with Crippen molar-refractivity contribution in [1.29, 1.82) is 5.41 Å². The summed E-state index contributed by atoms with van der Waals surface area (Å²) in [7, 11) is 1.36. The van der Waals surface area contributed by atoms with Gasteiger partial charge in [-0.05, 0) is 18.4 Å². The Kier molecular flexibility index (Phi) is 10.2. The first-order chi connectivity index (χ1) is 13.8. The number of likely N-dealkylation sites (N-methyl/N-ethyl adjacent to an activating group) is 1. The van der Waals surface area contributed by atoms with E-state index in [-0.39, 0.29) is 19.4 Å². The van der Waals surface area contributed by atoms with Crippen molar-refractivity contribution in [2.75, 3.05) is 13.7 Å². The summed E-state index contributed by atoms with van der Waals surface area (Å²) in [6.07, 6.45) is 1.05. The number of rotatable bonds is 9.